The summed E-state index contributed by atoms with van der Waals surface area (Å²) >= 11 is 0. The number of nitrogens with one attached hydrogen (secondary N) is 2. The topological polar surface area (TPSA) is 68.5 Å². The quantitative estimate of drug-likeness (QED) is 0.464. The second-order valence-corrected chi connectivity index (χ2v) is 6.64. The highest BCUT2D eigenvalue weighted by molar-refractivity contribution is 6.23. The molecule has 142 valence electrons. The van der Waals surface area contributed by atoms with Crippen LogP contribution in [0.4, 0.5) is 0 Å². The molecule has 0 fully saturated rings. The third kappa shape index (κ3) is 2.08. The van der Waals surface area contributed by atoms with E-state index in [4.69, 9.17) is 18.9 Å². The van der Waals surface area contributed by atoms with Crippen molar-refractivity contribution >= 4 is 43.6 Å². The fraction of sp³-hybridized carbons (Fsp3) is 0.182. The lowest BCUT2D eigenvalue weighted by Crippen LogP contribution is -1.95. The van der Waals surface area contributed by atoms with E-state index in [1.807, 2.05) is 18.2 Å². The van der Waals surface area contributed by atoms with Gasteiger partial charge in [0.1, 0.15) is 5.75 Å². The first kappa shape index (κ1) is 16.6. The highest BCUT2D eigenvalue weighted by Crippen LogP contribution is 2.47. The molecule has 0 saturated carbocycles. The van der Waals surface area contributed by atoms with Crippen LogP contribution in [-0.4, -0.2) is 38.4 Å². The summed E-state index contributed by atoms with van der Waals surface area (Å²) in [6.07, 6.45) is 0. The van der Waals surface area contributed by atoms with Crippen LogP contribution in [0.5, 0.6) is 23.0 Å². The van der Waals surface area contributed by atoms with Gasteiger partial charge in [0.2, 0.25) is 5.75 Å². The van der Waals surface area contributed by atoms with Gasteiger partial charge < -0.3 is 28.9 Å². The summed E-state index contributed by atoms with van der Waals surface area (Å²) < 4.78 is 22.2. The molecule has 28 heavy (non-hydrogen) atoms. The van der Waals surface area contributed by atoms with E-state index in [0.717, 1.165) is 49.4 Å². The van der Waals surface area contributed by atoms with E-state index in [9.17, 15) is 0 Å². The number of fused-ring (bicyclic) bond motifs is 7. The van der Waals surface area contributed by atoms with Gasteiger partial charge in [-0.1, -0.05) is 12.1 Å². The first-order chi connectivity index (χ1) is 13.7. The van der Waals surface area contributed by atoms with Gasteiger partial charge in [0.25, 0.3) is 0 Å². The fourth-order valence-corrected chi connectivity index (χ4v) is 4.07. The Morgan fingerprint density at radius 2 is 1.32 bits per heavy atom. The number of hydrogen-bond acceptors (Lipinski definition) is 4. The number of aromatic amines is 2. The molecule has 2 aromatic heterocycles. The molecule has 5 aromatic rings. The molecule has 0 spiro atoms. The zero-order valence-electron chi connectivity index (χ0n) is 16.1. The summed E-state index contributed by atoms with van der Waals surface area (Å²) in [6.45, 7) is 0. The van der Waals surface area contributed by atoms with Gasteiger partial charge in [0.15, 0.2) is 11.5 Å². The second kappa shape index (κ2) is 5.99. The van der Waals surface area contributed by atoms with Crippen molar-refractivity contribution in [2.45, 2.75) is 0 Å². The molecule has 0 unspecified atom stereocenters. The van der Waals surface area contributed by atoms with Crippen molar-refractivity contribution in [3.63, 3.8) is 0 Å². The average molecular weight is 376 g/mol. The number of hydrogen-bond donors (Lipinski definition) is 2. The van der Waals surface area contributed by atoms with Crippen LogP contribution in [0, 0.1) is 0 Å². The molecule has 0 radical (unpaired) electrons. The summed E-state index contributed by atoms with van der Waals surface area (Å²) in [5, 5.41) is 4.27. The van der Waals surface area contributed by atoms with Crippen LogP contribution in [0.1, 0.15) is 0 Å². The predicted octanol–water partition coefficient (Wildman–Crippen LogP) is 4.99. The van der Waals surface area contributed by atoms with Gasteiger partial charge in [-0.2, -0.15) is 0 Å². The minimum Gasteiger partial charge on any atom is -0.497 e. The molecule has 0 atom stereocenters. The minimum absolute atomic E-state index is 0.583. The van der Waals surface area contributed by atoms with Gasteiger partial charge in [0.05, 0.1) is 50.4 Å². The average Bonchev–Trinajstić information content (AvgIpc) is 3.29. The van der Waals surface area contributed by atoms with E-state index in [1.54, 1.807) is 28.4 Å². The molecule has 2 N–H and O–H groups in total. The predicted molar refractivity (Wildman–Crippen MR) is 111 cm³/mol. The van der Waals surface area contributed by atoms with Crippen molar-refractivity contribution in [3.05, 3.63) is 36.4 Å². The fourth-order valence-electron chi connectivity index (χ4n) is 4.07. The molecule has 5 rings (SSSR count). The lowest BCUT2D eigenvalue weighted by atomic mass is 10.1. The van der Waals surface area contributed by atoms with Gasteiger partial charge in [0, 0.05) is 27.7 Å². The summed E-state index contributed by atoms with van der Waals surface area (Å²) in [4.78, 5) is 7.07. The lowest BCUT2D eigenvalue weighted by molar-refractivity contribution is 0.327. The zero-order valence-corrected chi connectivity index (χ0v) is 16.1. The van der Waals surface area contributed by atoms with Gasteiger partial charge in [-0.25, -0.2) is 0 Å². The molecule has 6 nitrogen and oxygen atoms in total. The molecular formula is C22H20N2O4. The van der Waals surface area contributed by atoms with Crippen LogP contribution in [0.25, 0.3) is 43.6 Å². The molecule has 3 aromatic carbocycles. The SMILES string of the molecule is COc1ccc2[nH]c3c(ccc4c3[nH]c3cc(OC)c(OC)c(OC)c34)c2c1. The minimum atomic E-state index is 0.583. The zero-order chi connectivity index (χ0) is 19.4. The van der Waals surface area contributed by atoms with Crippen LogP contribution in [0.3, 0.4) is 0 Å². The maximum absolute atomic E-state index is 5.71. The van der Waals surface area contributed by atoms with Gasteiger partial charge in [-0.15, -0.1) is 0 Å². The highest BCUT2D eigenvalue weighted by atomic mass is 16.5. The Balaban J connectivity index is 1.94. The Morgan fingerprint density at radius 1 is 0.607 bits per heavy atom. The van der Waals surface area contributed by atoms with E-state index in [0.29, 0.717) is 17.2 Å². The summed E-state index contributed by atoms with van der Waals surface area (Å²) in [5.41, 5.74) is 4.03. The Bertz CT molecular complexity index is 1360. The maximum Gasteiger partial charge on any atom is 0.204 e. The van der Waals surface area contributed by atoms with Crippen LogP contribution >= 0.6 is 0 Å². The first-order valence-corrected chi connectivity index (χ1v) is 8.93. The van der Waals surface area contributed by atoms with E-state index in [1.165, 1.54) is 0 Å². The van der Waals surface area contributed by atoms with Crippen molar-refractivity contribution in [1.29, 1.82) is 0 Å². The molecule has 0 bridgehead atoms. The normalized spacial score (nSPS) is 11.6. The van der Waals surface area contributed by atoms with Crippen molar-refractivity contribution < 1.29 is 18.9 Å². The number of aromatic nitrogens is 2. The van der Waals surface area contributed by atoms with E-state index in [-0.39, 0.29) is 0 Å². The van der Waals surface area contributed by atoms with Crippen LogP contribution < -0.4 is 18.9 Å². The molecule has 0 aliphatic carbocycles. The summed E-state index contributed by atoms with van der Waals surface area (Å²) in [7, 11) is 6.56. The number of H-pyrrole nitrogens is 2. The van der Waals surface area contributed by atoms with Crippen LogP contribution in [0.15, 0.2) is 36.4 Å². The van der Waals surface area contributed by atoms with Crippen molar-refractivity contribution in [2.24, 2.45) is 0 Å². The Kier molecular flexibility index (Phi) is 3.55. The summed E-state index contributed by atoms with van der Waals surface area (Å²) in [6, 6.07) is 12.2. The molecular weight excluding hydrogens is 356 g/mol. The van der Waals surface area contributed by atoms with Crippen molar-refractivity contribution in [1.82, 2.24) is 9.97 Å². The van der Waals surface area contributed by atoms with Crippen LogP contribution in [0.2, 0.25) is 0 Å². The number of benzene rings is 3. The van der Waals surface area contributed by atoms with Gasteiger partial charge in [-0.3, -0.25) is 0 Å². The Morgan fingerprint density at radius 3 is 2.04 bits per heavy atom. The van der Waals surface area contributed by atoms with Crippen LogP contribution in [-0.2, 0) is 0 Å². The summed E-state index contributed by atoms with van der Waals surface area (Å²) in [5.74, 6) is 2.69. The maximum atomic E-state index is 5.71. The van der Waals surface area contributed by atoms with E-state index < -0.39 is 0 Å². The van der Waals surface area contributed by atoms with Crippen molar-refractivity contribution in [2.75, 3.05) is 28.4 Å². The highest BCUT2D eigenvalue weighted by Gasteiger charge is 2.21. The largest absolute Gasteiger partial charge is 0.497 e. The Hall–Kier alpha value is -3.54. The Labute approximate surface area is 160 Å². The number of rotatable bonds is 4. The van der Waals surface area contributed by atoms with Crippen molar-refractivity contribution in [3.8, 4) is 23.0 Å². The lowest BCUT2D eigenvalue weighted by Gasteiger charge is -2.13. The smallest absolute Gasteiger partial charge is 0.204 e. The molecule has 0 aliphatic heterocycles. The van der Waals surface area contributed by atoms with E-state index >= 15 is 0 Å². The molecule has 6 heteroatoms. The number of methoxy groups -OCH3 is 4. The van der Waals surface area contributed by atoms with Gasteiger partial charge >= 0.3 is 0 Å². The number of ether oxygens (including phenoxy) is 4. The standard InChI is InChI=1S/C22H20N2O4/c1-25-11-5-8-15-14(9-11)12-6-7-13-18-16(24-20(13)19(12)23-15)10-17(26-2)21(27-3)22(18)28-4/h5-10,23-24H,1-4H3. The molecule has 2 heterocycles. The van der Waals surface area contributed by atoms with E-state index in [2.05, 4.69) is 28.2 Å². The van der Waals surface area contributed by atoms with Gasteiger partial charge in [-0.05, 0) is 18.2 Å². The first-order valence-electron chi connectivity index (χ1n) is 8.93. The second-order valence-electron chi connectivity index (χ2n) is 6.64. The molecule has 0 amide bonds. The monoisotopic (exact) mass is 376 g/mol. The molecule has 0 aliphatic rings. The third-order valence-corrected chi connectivity index (χ3v) is 5.34. The molecule has 0 saturated heterocycles. The third-order valence-electron chi connectivity index (χ3n) is 5.34.